The first-order valence-corrected chi connectivity index (χ1v) is 22.7. The highest BCUT2D eigenvalue weighted by molar-refractivity contribution is 6.13. The molecule has 0 unspecified atom stereocenters. The van der Waals surface area contributed by atoms with Crippen molar-refractivity contribution in [3.63, 3.8) is 0 Å². The highest BCUT2D eigenvalue weighted by Crippen LogP contribution is 2.46. The van der Waals surface area contributed by atoms with E-state index in [0.717, 1.165) is 21.5 Å². The van der Waals surface area contributed by atoms with E-state index in [4.69, 9.17) is 0 Å². The predicted molar refractivity (Wildman–Crippen MR) is 270 cm³/mol. The minimum Gasteiger partial charge on any atom is -0.309 e. The zero-order valence-corrected chi connectivity index (χ0v) is 38.1. The molecule has 2 heterocycles. The maximum absolute atomic E-state index is 14.4. The van der Waals surface area contributed by atoms with Crippen LogP contribution >= 0.6 is 0 Å². The van der Waals surface area contributed by atoms with E-state index in [1.807, 2.05) is 94.1 Å². The van der Waals surface area contributed by atoms with Crippen molar-refractivity contribution in [2.75, 3.05) is 0 Å². The van der Waals surface area contributed by atoms with E-state index >= 15 is 0 Å². The van der Waals surface area contributed by atoms with E-state index in [0.29, 0.717) is 101 Å². The summed E-state index contributed by atoms with van der Waals surface area (Å²) in [5.74, 6) is 0. The molecule has 0 saturated heterocycles. The molecule has 0 atom stereocenters. The zero-order valence-electron chi connectivity index (χ0n) is 38.1. The molecule has 11 aromatic rings. The van der Waals surface area contributed by atoms with Gasteiger partial charge in [0.15, 0.2) is 0 Å². The lowest BCUT2D eigenvalue weighted by atomic mass is 9.93. The molecule has 0 bridgehead atoms. The van der Waals surface area contributed by atoms with Gasteiger partial charge in [0.05, 0.1) is 103 Å². The van der Waals surface area contributed by atoms with Gasteiger partial charge in [0, 0.05) is 32.7 Å². The Morgan fingerprint density at radius 3 is 1.22 bits per heavy atom. The highest BCUT2D eigenvalue weighted by Gasteiger charge is 2.37. The molecule has 2 aromatic heterocycles. The van der Waals surface area contributed by atoms with Gasteiger partial charge in [-0.1, -0.05) is 72.8 Å². The number of hydrogen-bond donors (Lipinski definition) is 0. The second kappa shape index (κ2) is 17.5. The third-order valence-electron chi connectivity index (χ3n) is 13.3. The number of halogens is 6. The van der Waals surface area contributed by atoms with Crippen LogP contribution in [-0.4, -0.2) is 9.13 Å². The summed E-state index contributed by atoms with van der Waals surface area (Å²) in [5, 5.41) is 52.9. The highest BCUT2D eigenvalue weighted by atomic mass is 19.4. The van der Waals surface area contributed by atoms with Crippen molar-refractivity contribution in [2.45, 2.75) is 12.4 Å². The SMILES string of the molecule is N#Cc1ccc(-c2ccc3c(c2)c2ccccc2n3-c2ccc(-c3cc(C(F)(F)F)cc(C(F)(F)F)c3)cc2-c2ccc(C#N)cc2-n2c3ccccc3c3cc(-c4ccc(C#N)cc4C#N)ccc32)c(C#N)c1. The molecule has 0 radical (unpaired) electrons. The van der Waals surface area contributed by atoms with Crippen LogP contribution in [0.1, 0.15) is 38.9 Å². The van der Waals surface area contributed by atoms with Gasteiger partial charge >= 0.3 is 12.4 Å². The molecule has 350 valence electrons. The maximum Gasteiger partial charge on any atom is 0.416 e. The lowest BCUT2D eigenvalue weighted by Gasteiger charge is -2.21. The van der Waals surface area contributed by atoms with E-state index in [1.54, 1.807) is 54.6 Å². The number of fused-ring (bicyclic) bond motifs is 6. The molecule has 0 N–H and O–H groups in total. The molecule has 0 spiro atoms. The van der Waals surface area contributed by atoms with Crippen LogP contribution in [0.25, 0.3) is 99.5 Å². The molecule has 11 rings (SSSR count). The molecule has 0 amide bonds. The molecule has 0 aliphatic rings. The van der Waals surface area contributed by atoms with E-state index in [1.165, 1.54) is 18.2 Å². The molecule has 0 saturated carbocycles. The number of hydrogen-bond acceptors (Lipinski definition) is 5. The molecule has 7 nitrogen and oxygen atoms in total. The number of alkyl halides is 6. The number of benzene rings is 9. The van der Waals surface area contributed by atoms with Crippen molar-refractivity contribution < 1.29 is 26.3 Å². The van der Waals surface area contributed by atoms with E-state index in [-0.39, 0.29) is 22.8 Å². The lowest BCUT2D eigenvalue weighted by Crippen LogP contribution is -2.11. The Labute approximate surface area is 417 Å². The first-order valence-electron chi connectivity index (χ1n) is 22.7. The van der Waals surface area contributed by atoms with Gasteiger partial charge in [0.25, 0.3) is 0 Å². The largest absolute Gasteiger partial charge is 0.416 e. The zero-order chi connectivity index (χ0) is 51.6. The van der Waals surface area contributed by atoms with Crippen molar-refractivity contribution in [3.8, 4) is 86.2 Å². The van der Waals surface area contributed by atoms with Crippen LogP contribution in [0.3, 0.4) is 0 Å². The number of aromatic nitrogens is 2. The third kappa shape index (κ3) is 7.69. The van der Waals surface area contributed by atoms with Crippen molar-refractivity contribution >= 4 is 43.6 Å². The fraction of sp³-hybridized carbons (Fsp3) is 0.0328. The van der Waals surface area contributed by atoms with Gasteiger partial charge in [0.2, 0.25) is 0 Å². The topological polar surface area (TPSA) is 129 Å². The predicted octanol–water partition coefficient (Wildman–Crippen LogP) is 15.9. The molecule has 0 aliphatic heterocycles. The van der Waals surface area contributed by atoms with Crippen molar-refractivity contribution in [2.24, 2.45) is 0 Å². The molecule has 0 aliphatic carbocycles. The Morgan fingerprint density at radius 2 is 0.743 bits per heavy atom. The van der Waals surface area contributed by atoms with E-state index < -0.39 is 23.5 Å². The van der Waals surface area contributed by atoms with Crippen LogP contribution in [0.5, 0.6) is 0 Å². The maximum atomic E-state index is 14.4. The average molecular weight is 974 g/mol. The van der Waals surface area contributed by atoms with Crippen LogP contribution in [0.2, 0.25) is 0 Å². The van der Waals surface area contributed by atoms with Gasteiger partial charge in [0.1, 0.15) is 0 Å². The van der Waals surface area contributed by atoms with Gasteiger partial charge in [-0.2, -0.15) is 52.7 Å². The molecule has 0 fully saturated rings. The molecular formula is C61H29F6N7. The summed E-state index contributed by atoms with van der Waals surface area (Å²) in [6, 6.07) is 58.1. The fourth-order valence-electron chi connectivity index (χ4n) is 9.98. The Bertz CT molecular complexity index is 4390. The van der Waals surface area contributed by atoms with Gasteiger partial charge in [-0.15, -0.1) is 0 Å². The second-order valence-corrected chi connectivity index (χ2v) is 17.5. The normalized spacial score (nSPS) is 11.6. The number of nitrogens with zero attached hydrogens (tertiary/aromatic N) is 7. The van der Waals surface area contributed by atoms with E-state index in [2.05, 4.69) is 30.3 Å². The van der Waals surface area contributed by atoms with Crippen LogP contribution < -0.4 is 0 Å². The third-order valence-corrected chi connectivity index (χ3v) is 13.3. The molecular weight excluding hydrogens is 945 g/mol. The summed E-state index contributed by atoms with van der Waals surface area (Å²) in [5.41, 5.74) is 5.41. The summed E-state index contributed by atoms with van der Waals surface area (Å²) < 4.78 is 90.5. The molecule has 74 heavy (non-hydrogen) atoms. The standard InChI is InChI=1S/C61H29F6N7/c62-60(63,64)44-24-41(25-45(29-44)61(65,66)67)38-12-18-56(73-54-7-3-1-5-48(54)52-27-39(13-19-57(52)73)46-15-9-35(30-68)21-42(46)33-71)51(26-38)50-17-11-37(32-70)23-59(50)74-55-8-4-2-6-49(55)53-28-40(14-20-58(53)74)47-16-10-36(31-69)22-43(47)34-72/h1-29H. The Morgan fingerprint density at radius 1 is 0.311 bits per heavy atom. The van der Waals surface area contributed by atoms with Gasteiger partial charge in [-0.25, -0.2) is 0 Å². The average Bonchev–Trinajstić information content (AvgIpc) is 3.94. The first-order chi connectivity index (χ1) is 35.7. The molecule has 13 heteroatoms. The first kappa shape index (κ1) is 46.0. The Balaban J connectivity index is 1.22. The number of nitriles is 5. The lowest BCUT2D eigenvalue weighted by molar-refractivity contribution is -0.143. The van der Waals surface area contributed by atoms with Gasteiger partial charge in [-0.3, -0.25) is 0 Å². The Kier molecular flexibility index (Phi) is 10.9. The fourth-order valence-corrected chi connectivity index (χ4v) is 9.98. The Hall–Kier alpha value is -10.4. The number of para-hydroxylation sites is 2. The van der Waals surface area contributed by atoms with Crippen LogP contribution in [0.4, 0.5) is 26.3 Å². The van der Waals surface area contributed by atoms with E-state index in [9.17, 15) is 52.7 Å². The summed E-state index contributed by atoms with van der Waals surface area (Å²) in [6.07, 6.45) is -10.2. The van der Waals surface area contributed by atoms with Crippen molar-refractivity contribution in [3.05, 3.63) is 215 Å². The monoisotopic (exact) mass is 973 g/mol. The minimum absolute atomic E-state index is 0.0474. The quantitative estimate of drug-likeness (QED) is 0.153. The summed E-state index contributed by atoms with van der Waals surface area (Å²) in [7, 11) is 0. The van der Waals surface area contributed by atoms with Crippen molar-refractivity contribution in [1.82, 2.24) is 9.13 Å². The summed E-state index contributed by atoms with van der Waals surface area (Å²) in [6.45, 7) is 0. The van der Waals surface area contributed by atoms with Crippen LogP contribution in [0, 0.1) is 56.7 Å². The minimum atomic E-state index is -5.11. The van der Waals surface area contributed by atoms with Crippen LogP contribution in [0.15, 0.2) is 176 Å². The van der Waals surface area contributed by atoms with Crippen molar-refractivity contribution in [1.29, 1.82) is 26.3 Å². The number of rotatable bonds is 6. The smallest absolute Gasteiger partial charge is 0.309 e. The van der Waals surface area contributed by atoms with Gasteiger partial charge < -0.3 is 9.13 Å². The molecule has 9 aromatic carbocycles. The van der Waals surface area contributed by atoms with Crippen LogP contribution in [-0.2, 0) is 12.4 Å². The van der Waals surface area contributed by atoms with Gasteiger partial charge in [-0.05, 0) is 137 Å². The second-order valence-electron chi connectivity index (χ2n) is 17.5. The summed E-state index contributed by atoms with van der Waals surface area (Å²) >= 11 is 0. The summed E-state index contributed by atoms with van der Waals surface area (Å²) in [4.78, 5) is 0.